The van der Waals surface area contributed by atoms with Crippen LogP contribution >= 0.6 is 0 Å². The number of rotatable bonds is 3. The highest BCUT2D eigenvalue weighted by Gasteiger charge is 2.38. The van der Waals surface area contributed by atoms with Crippen LogP contribution in [0.4, 0.5) is 5.69 Å². The van der Waals surface area contributed by atoms with Crippen molar-refractivity contribution in [3.8, 4) is 0 Å². The Labute approximate surface area is 130 Å². The van der Waals surface area contributed by atoms with Crippen molar-refractivity contribution in [2.24, 2.45) is 11.1 Å². The van der Waals surface area contributed by atoms with Gasteiger partial charge >= 0.3 is 0 Å². The maximum absolute atomic E-state index is 6.27. The quantitative estimate of drug-likeness (QED) is 0.834. The molecule has 1 unspecified atom stereocenters. The van der Waals surface area contributed by atoms with Crippen LogP contribution in [-0.2, 0) is 0 Å². The summed E-state index contributed by atoms with van der Waals surface area (Å²) >= 11 is 0. The molecule has 1 aliphatic rings. The number of nitrogens with zero attached hydrogens (tertiary/aromatic N) is 1. The van der Waals surface area contributed by atoms with Crippen molar-refractivity contribution in [2.75, 3.05) is 18.5 Å². The molecule has 118 valence electrons. The van der Waals surface area contributed by atoms with E-state index in [0.717, 1.165) is 6.54 Å². The predicted octanol–water partition coefficient (Wildman–Crippen LogP) is 4.43. The SMILES string of the molecule is Cc1ccc(N(C)C2(CN)CCCC(C)(C)CC2)c(C)c1. The largest absolute Gasteiger partial charge is 0.367 e. The molecular weight excluding hydrogens is 256 g/mol. The fourth-order valence-corrected chi connectivity index (χ4v) is 3.83. The summed E-state index contributed by atoms with van der Waals surface area (Å²) in [4.78, 5) is 2.48. The fourth-order valence-electron chi connectivity index (χ4n) is 3.83. The first-order valence-electron chi connectivity index (χ1n) is 8.31. The van der Waals surface area contributed by atoms with Crippen molar-refractivity contribution in [1.29, 1.82) is 0 Å². The first kappa shape index (κ1) is 16.4. The van der Waals surface area contributed by atoms with Gasteiger partial charge < -0.3 is 10.6 Å². The first-order chi connectivity index (χ1) is 9.80. The Bertz CT molecular complexity index is 492. The summed E-state index contributed by atoms with van der Waals surface area (Å²) in [5, 5.41) is 0. The molecule has 1 aliphatic carbocycles. The van der Waals surface area contributed by atoms with Gasteiger partial charge in [-0.25, -0.2) is 0 Å². The molecule has 1 aromatic rings. The molecule has 0 radical (unpaired) electrons. The minimum Gasteiger partial charge on any atom is -0.367 e. The van der Waals surface area contributed by atoms with E-state index in [4.69, 9.17) is 5.73 Å². The fraction of sp³-hybridized carbons (Fsp3) is 0.684. The number of benzene rings is 1. The average Bonchev–Trinajstić information content (AvgIpc) is 2.57. The Balaban J connectivity index is 2.31. The maximum Gasteiger partial charge on any atom is 0.0521 e. The minimum atomic E-state index is 0.119. The molecule has 2 heteroatoms. The molecule has 21 heavy (non-hydrogen) atoms. The standard InChI is InChI=1S/C19H32N2/c1-15-7-8-17(16(2)13-15)21(5)19(14-20)10-6-9-18(3,4)11-12-19/h7-8,13H,6,9-12,14,20H2,1-5H3. The molecule has 1 fully saturated rings. The smallest absolute Gasteiger partial charge is 0.0521 e. The van der Waals surface area contributed by atoms with E-state index in [9.17, 15) is 0 Å². The Morgan fingerprint density at radius 2 is 1.81 bits per heavy atom. The molecule has 0 heterocycles. The summed E-state index contributed by atoms with van der Waals surface area (Å²) in [5.74, 6) is 0. The molecule has 0 saturated heterocycles. The second kappa shape index (κ2) is 6.00. The Morgan fingerprint density at radius 1 is 1.10 bits per heavy atom. The van der Waals surface area contributed by atoms with Crippen molar-refractivity contribution in [1.82, 2.24) is 0 Å². The number of nitrogens with two attached hydrogens (primary N) is 1. The number of anilines is 1. The third-order valence-electron chi connectivity index (χ3n) is 5.57. The van der Waals surface area contributed by atoms with E-state index in [-0.39, 0.29) is 5.54 Å². The van der Waals surface area contributed by atoms with Crippen LogP contribution in [0, 0.1) is 19.3 Å². The molecule has 0 amide bonds. The molecule has 0 spiro atoms. The van der Waals surface area contributed by atoms with Crippen LogP contribution in [0.3, 0.4) is 0 Å². The van der Waals surface area contributed by atoms with Gasteiger partial charge in [0.15, 0.2) is 0 Å². The van der Waals surface area contributed by atoms with Crippen LogP contribution in [0.5, 0.6) is 0 Å². The van der Waals surface area contributed by atoms with Crippen molar-refractivity contribution in [2.45, 2.75) is 65.3 Å². The molecule has 1 saturated carbocycles. The van der Waals surface area contributed by atoms with E-state index >= 15 is 0 Å². The topological polar surface area (TPSA) is 29.3 Å². The van der Waals surface area contributed by atoms with Gasteiger partial charge in [0.1, 0.15) is 0 Å². The van der Waals surface area contributed by atoms with Crippen LogP contribution in [0.2, 0.25) is 0 Å². The molecule has 2 N–H and O–H groups in total. The van der Waals surface area contributed by atoms with E-state index in [1.54, 1.807) is 0 Å². The van der Waals surface area contributed by atoms with Gasteiger partial charge in [-0.05, 0) is 56.6 Å². The van der Waals surface area contributed by atoms with E-state index in [1.165, 1.54) is 48.9 Å². The second-order valence-electron chi connectivity index (χ2n) is 7.80. The molecule has 0 aromatic heterocycles. The van der Waals surface area contributed by atoms with Gasteiger partial charge in [-0.1, -0.05) is 38.0 Å². The van der Waals surface area contributed by atoms with Crippen LogP contribution in [0.15, 0.2) is 18.2 Å². The lowest BCUT2D eigenvalue weighted by molar-refractivity contribution is 0.296. The second-order valence-corrected chi connectivity index (χ2v) is 7.80. The predicted molar refractivity (Wildman–Crippen MR) is 93.0 cm³/mol. The molecule has 2 rings (SSSR count). The summed E-state index contributed by atoms with van der Waals surface area (Å²) in [7, 11) is 2.24. The zero-order valence-electron chi connectivity index (χ0n) is 14.5. The third-order valence-corrected chi connectivity index (χ3v) is 5.57. The van der Waals surface area contributed by atoms with E-state index in [1.807, 2.05) is 0 Å². The normalized spacial score (nSPS) is 25.4. The van der Waals surface area contributed by atoms with Crippen LogP contribution in [0.1, 0.15) is 57.1 Å². The summed E-state index contributed by atoms with van der Waals surface area (Å²) in [5.41, 5.74) is 10.9. The van der Waals surface area contributed by atoms with Gasteiger partial charge in [-0.15, -0.1) is 0 Å². The van der Waals surface area contributed by atoms with Crippen LogP contribution in [0.25, 0.3) is 0 Å². The maximum atomic E-state index is 6.27. The number of hydrogen-bond donors (Lipinski definition) is 1. The monoisotopic (exact) mass is 288 g/mol. The number of aryl methyl sites for hydroxylation is 2. The van der Waals surface area contributed by atoms with Crippen molar-refractivity contribution >= 4 is 5.69 Å². The lowest BCUT2D eigenvalue weighted by atomic mass is 9.82. The van der Waals surface area contributed by atoms with Gasteiger partial charge in [0, 0.05) is 19.3 Å². The zero-order chi connectivity index (χ0) is 15.7. The summed E-state index contributed by atoms with van der Waals surface area (Å²) in [6.45, 7) is 9.91. The minimum absolute atomic E-state index is 0.119. The Morgan fingerprint density at radius 3 is 2.43 bits per heavy atom. The first-order valence-corrected chi connectivity index (χ1v) is 8.31. The molecule has 0 aliphatic heterocycles. The lowest BCUT2D eigenvalue weighted by Gasteiger charge is -2.43. The van der Waals surface area contributed by atoms with Gasteiger partial charge in [-0.3, -0.25) is 0 Å². The van der Waals surface area contributed by atoms with Crippen molar-refractivity contribution in [3.63, 3.8) is 0 Å². The molecule has 1 atom stereocenters. The Hall–Kier alpha value is -1.02. The van der Waals surface area contributed by atoms with Gasteiger partial charge in [0.05, 0.1) is 5.54 Å². The molecule has 1 aromatic carbocycles. The van der Waals surface area contributed by atoms with Crippen molar-refractivity contribution in [3.05, 3.63) is 29.3 Å². The summed E-state index contributed by atoms with van der Waals surface area (Å²) < 4.78 is 0. The summed E-state index contributed by atoms with van der Waals surface area (Å²) in [6.07, 6.45) is 6.26. The third kappa shape index (κ3) is 3.42. The number of hydrogen-bond acceptors (Lipinski definition) is 2. The van der Waals surface area contributed by atoms with Gasteiger partial charge in [-0.2, -0.15) is 0 Å². The lowest BCUT2D eigenvalue weighted by Crippen LogP contribution is -2.52. The molecular formula is C19H32N2. The highest BCUT2D eigenvalue weighted by Crippen LogP contribution is 2.41. The van der Waals surface area contributed by atoms with E-state index in [0.29, 0.717) is 5.41 Å². The number of likely N-dealkylation sites (N-methyl/N-ethyl adjacent to an activating group) is 1. The zero-order valence-corrected chi connectivity index (χ0v) is 14.5. The highest BCUT2D eigenvalue weighted by molar-refractivity contribution is 5.56. The van der Waals surface area contributed by atoms with Gasteiger partial charge in [0.25, 0.3) is 0 Å². The average molecular weight is 288 g/mol. The van der Waals surface area contributed by atoms with Crippen LogP contribution < -0.4 is 10.6 Å². The van der Waals surface area contributed by atoms with Crippen molar-refractivity contribution < 1.29 is 0 Å². The molecule has 2 nitrogen and oxygen atoms in total. The van der Waals surface area contributed by atoms with E-state index < -0.39 is 0 Å². The van der Waals surface area contributed by atoms with E-state index in [2.05, 4.69) is 57.8 Å². The highest BCUT2D eigenvalue weighted by atomic mass is 15.2. The Kier molecular flexibility index (Phi) is 4.67. The van der Waals surface area contributed by atoms with Crippen LogP contribution in [-0.4, -0.2) is 19.1 Å². The summed E-state index contributed by atoms with van der Waals surface area (Å²) in [6, 6.07) is 6.75. The van der Waals surface area contributed by atoms with Gasteiger partial charge in [0.2, 0.25) is 0 Å². The molecule has 0 bridgehead atoms.